The molecule has 0 aliphatic heterocycles. The highest BCUT2D eigenvalue weighted by atomic mass is 15.2. The van der Waals surface area contributed by atoms with Crippen molar-refractivity contribution in [3.63, 3.8) is 0 Å². The second-order valence-electron chi connectivity index (χ2n) is 5.16. The van der Waals surface area contributed by atoms with Crippen LogP contribution in [0.4, 0.5) is 0 Å². The van der Waals surface area contributed by atoms with Gasteiger partial charge in [0, 0.05) is 6.04 Å². The topological polar surface area (TPSA) is 38.0 Å². The van der Waals surface area contributed by atoms with Gasteiger partial charge in [0.2, 0.25) is 0 Å². The van der Waals surface area contributed by atoms with Gasteiger partial charge < -0.3 is 0 Å². The van der Waals surface area contributed by atoms with Crippen molar-refractivity contribution in [3.05, 3.63) is 34.9 Å². The van der Waals surface area contributed by atoms with Crippen LogP contribution in [-0.4, -0.2) is 0 Å². The van der Waals surface area contributed by atoms with E-state index in [2.05, 4.69) is 37.5 Å². The minimum absolute atomic E-state index is 0.319. The lowest BCUT2D eigenvalue weighted by atomic mass is 9.97. The van der Waals surface area contributed by atoms with E-state index >= 15 is 0 Å². The molecule has 1 aliphatic carbocycles. The summed E-state index contributed by atoms with van der Waals surface area (Å²) >= 11 is 0. The molecule has 1 aromatic rings. The molecule has 1 atom stereocenters. The largest absolute Gasteiger partial charge is 0.271 e. The molecule has 0 aromatic heterocycles. The summed E-state index contributed by atoms with van der Waals surface area (Å²) in [5.74, 6) is 6.64. The van der Waals surface area contributed by atoms with Gasteiger partial charge in [-0.3, -0.25) is 11.3 Å². The zero-order valence-corrected chi connectivity index (χ0v) is 10.3. The fraction of sp³-hybridized carbons (Fsp3) is 0.571. The maximum absolute atomic E-state index is 5.66. The summed E-state index contributed by atoms with van der Waals surface area (Å²) in [6.07, 6.45) is 5.31. The van der Waals surface area contributed by atoms with Crippen molar-refractivity contribution in [2.24, 2.45) is 11.8 Å². The summed E-state index contributed by atoms with van der Waals surface area (Å²) < 4.78 is 0. The van der Waals surface area contributed by atoms with Crippen LogP contribution in [-0.2, 0) is 0 Å². The van der Waals surface area contributed by atoms with Crippen LogP contribution in [0.5, 0.6) is 0 Å². The third kappa shape index (κ3) is 3.06. The van der Waals surface area contributed by atoms with E-state index in [4.69, 9.17) is 5.84 Å². The van der Waals surface area contributed by atoms with Crippen LogP contribution in [0.15, 0.2) is 18.2 Å². The second-order valence-corrected chi connectivity index (χ2v) is 5.16. The Hall–Kier alpha value is -0.860. The van der Waals surface area contributed by atoms with Crippen LogP contribution in [0.25, 0.3) is 0 Å². The number of aryl methyl sites for hydroxylation is 2. The van der Waals surface area contributed by atoms with Gasteiger partial charge in [-0.25, -0.2) is 0 Å². The highest BCUT2D eigenvalue weighted by Crippen LogP contribution is 2.35. The molecule has 2 rings (SSSR count). The summed E-state index contributed by atoms with van der Waals surface area (Å²) in [5.41, 5.74) is 6.93. The summed E-state index contributed by atoms with van der Waals surface area (Å²) in [7, 11) is 0. The predicted molar refractivity (Wildman–Crippen MR) is 67.9 cm³/mol. The van der Waals surface area contributed by atoms with Gasteiger partial charge >= 0.3 is 0 Å². The van der Waals surface area contributed by atoms with E-state index in [0.717, 1.165) is 12.3 Å². The van der Waals surface area contributed by atoms with Gasteiger partial charge in [-0.15, -0.1) is 0 Å². The third-order valence-corrected chi connectivity index (χ3v) is 3.41. The molecule has 3 N–H and O–H groups in total. The zero-order valence-electron chi connectivity index (χ0n) is 10.3. The van der Waals surface area contributed by atoms with Crippen molar-refractivity contribution in [1.82, 2.24) is 5.43 Å². The smallest absolute Gasteiger partial charge is 0.0460 e. The highest BCUT2D eigenvalue weighted by molar-refractivity contribution is 5.30. The number of hydrogen-bond donors (Lipinski definition) is 2. The van der Waals surface area contributed by atoms with Crippen LogP contribution in [0.1, 0.15) is 48.4 Å². The average Bonchev–Trinajstić information content (AvgIpc) is 3.01. The minimum atomic E-state index is 0.319. The first-order valence-corrected chi connectivity index (χ1v) is 6.23. The van der Waals surface area contributed by atoms with Crippen LogP contribution < -0.4 is 11.3 Å². The summed E-state index contributed by atoms with van der Waals surface area (Å²) in [6, 6.07) is 7.01. The van der Waals surface area contributed by atoms with Crippen molar-refractivity contribution in [1.29, 1.82) is 0 Å². The molecule has 0 spiro atoms. The van der Waals surface area contributed by atoms with Gasteiger partial charge in [0.05, 0.1) is 0 Å². The number of nitrogens with one attached hydrogen (secondary N) is 1. The number of benzene rings is 1. The Morgan fingerprint density at radius 3 is 2.38 bits per heavy atom. The monoisotopic (exact) mass is 218 g/mol. The van der Waals surface area contributed by atoms with Crippen molar-refractivity contribution in [2.45, 2.75) is 45.6 Å². The molecule has 1 fully saturated rings. The number of hydrogen-bond acceptors (Lipinski definition) is 2. The zero-order chi connectivity index (χ0) is 11.5. The van der Waals surface area contributed by atoms with E-state index in [9.17, 15) is 0 Å². The molecule has 0 saturated heterocycles. The molecule has 88 valence electrons. The summed E-state index contributed by atoms with van der Waals surface area (Å²) in [5, 5.41) is 0. The van der Waals surface area contributed by atoms with E-state index in [0.29, 0.717) is 6.04 Å². The van der Waals surface area contributed by atoms with Gasteiger partial charge in [0.15, 0.2) is 0 Å². The molecule has 2 heteroatoms. The first kappa shape index (κ1) is 11.6. The van der Waals surface area contributed by atoms with Crippen molar-refractivity contribution in [3.8, 4) is 0 Å². The maximum atomic E-state index is 5.66. The summed E-state index contributed by atoms with van der Waals surface area (Å²) in [4.78, 5) is 0. The van der Waals surface area contributed by atoms with Crippen molar-refractivity contribution < 1.29 is 0 Å². The highest BCUT2D eigenvalue weighted by Gasteiger charge is 2.22. The molecule has 1 aromatic carbocycles. The molecule has 0 amide bonds. The van der Waals surface area contributed by atoms with Gasteiger partial charge in [-0.1, -0.05) is 42.2 Å². The van der Waals surface area contributed by atoms with Crippen LogP contribution in [0, 0.1) is 19.8 Å². The quantitative estimate of drug-likeness (QED) is 0.589. The number of hydrazine groups is 1. The first-order chi connectivity index (χ1) is 7.69. The van der Waals surface area contributed by atoms with E-state index < -0.39 is 0 Å². The van der Waals surface area contributed by atoms with Crippen molar-refractivity contribution >= 4 is 0 Å². The molecular formula is C14H22N2. The normalized spacial score (nSPS) is 17.4. The fourth-order valence-electron chi connectivity index (χ4n) is 2.37. The Kier molecular flexibility index (Phi) is 3.62. The maximum Gasteiger partial charge on any atom is 0.0460 e. The summed E-state index contributed by atoms with van der Waals surface area (Å²) in [6.45, 7) is 4.29. The van der Waals surface area contributed by atoms with E-state index in [1.54, 1.807) is 0 Å². The Balaban J connectivity index is 2.04. The lowest BCUT2D eigenvalue weighted by Crippen LogP contribution is -2.28. The van der Waals surface area contributed by atoms with Gasteiger partial charge in [-0.2, -0.15) is 0 Å². The lowest BCUT2D eigenvalue weighted by molar-refractivity contribution is 0.481. The Labute approximate surface area is 98.2 Å². The predicted octanol–water partition coefficient (Wildman–Crippen LogP) is 3.00. The van der Waals surface area contributed by atoms with Gasteiger partial charge in [-0.05, 0) is 38.2 Å². The SMILES string of the molecule is Cc1cc(C)cc(C(CCC2CC2)NN)c1. The Morgan fingerprint density at radius 2 is 1.88 bits per heavy atom. The Bertz CT molecular complexity index is 336. The average molecular weight is 218 g/mol. The van der Waals surface area contributed by atoms with Crippen molar-refractivity contribution in [2.75, 3.05) is 0 Å². The van der Waals surface area contributed by atoms with E-state index in [-0.39, 0.29) is 0 Å². The molecular weight excluding hydrogens is 196 g/mol. The lowest BCUT2D eigenvalue weighted by Gasteiger charge is -2.17. The Morgan fingerprint density at radius 1 is 1.25 bits per heavy atom. The molecule has 1 saturated carbocycles. The fourth-order valence-corrected chi connectivity index (χ4v) is 2.37. The van der Waals surface area contributed by atoms with Crippen LogP contribution in [0.2, 0.25) is 0 Å². The third-order valence-electron chi connectivity index (χ3n) is 3.41. The molecule has 2 nitrogen and oxygen atoms in total. The number of nitrogens with two attached hydrogens (primary N) is 1. The first-order valence-electron chi connectivity index (χ1n) is 6.23. The molecule has 16 heavy (non-hydrogen) atoms. The molecule has 1 aliphatic rings. The number of rotatable bonds is 5. The van der Waals surface area contributed by atoms with Gasteiger partial charge in [0.1, 0.15) is 0 Å². The van der Waals surface area contributed by atoms with E-state index in [1.807, 2.05) is 0 Å². The van der Waals surface area contributed by atoms with Crippen LogP contribution >= 0.6 is 0 Å². The van der Waals surface area contributed by atoms with Crippen LogP contribution in [0.3, 0.4) is 0 Å². The second kappa shape index (κ2) is 4.98. The van der Waals surface area contributed by atoms with Gasteiger partial charge in [0.25, 0.3) is 0 Å². The standard InChI is InChI=1S/C14H22N2/c1-10-7-11(2)9-13(8-10)14(16-15)6-5-12-3-4-12/h7-9,12,14,16H,3-6,15H2,1-2H3. The molecule has 0 radical (unpaired) electrons. The minimum Gasteiger partial charge on any atom is -0.271 e. The molecule has 0 bridgehead atoms. The molecule has 0 heterocycles. The van der Waals surface area contributed by atoms with E-state index in [1.165, 1.54) is 36.0 Å². The molecule has 1 unspecified atom stereocenters.